The van der Waals surface area contributed by atoms with E-state index in [2.05, 4.69) is 26.3 Å². The third kappa shape index (κ3) is 3.99. The maximum atomic E-state index is 8.83. The summed E-state index contributed by atoms with van der Waals surface area (Å²) in [5.41, 5.74) is 10.6. The largest absolute Gasteiger partial charge is 0.494 e. The molecule has 0 amide bonds. The lowest BCUT2D eigenvalue weighted by Gasteiger charge is -2.32. The maximum Gasteiger partial charge on any atom is 0.494 e. The highest BCUT2D eigenvalue weighted by Gasteiger charge is 2.51. The minimum absolute atomic E-state index is 0.398. The van der Waals surface area contributed by atoms with Gasteiger partial charge in [-0.25, -0.2) is 0 Å². The van der Waals surface area contributed by atoms with Crippen LogP contribution in [0, 0.1) is 0 Å². The Balaban J connectivity index is 1.87. The van der Waals surface area contributed by atoms with Crippen molar-refractivity contribution in [3.63, 3.8) is 0 Å². The lowest BCUT2D eigenvalue weighted by atomic mass is 9.78. The number of hydrogen-bond acceptors (Lipinski definition) is 5. The van der Waals surface area contributed by atoms with Gasteiger partial charge in [-0.3, -0.25) is 4.90 Å². The van der Waals surface area contributed by atoms with Gasteiger partial charge in [-0.15, -0.1) is 0 Å². The molecule has 1 aromatic carbocycles. The van der Waals surface area contributed by atoms with Gasteiger partial charge >= 0.3 is 7.12 Å². The summed E-state index contributed by atoms with van der Waals surface area (Å²) < 4.78 is 12.3. The lowest BCUT2D eigenvalue weighted by Crippen LogP contribution is -2.43. The molecule has 0 unspecified atom stereocenters. The summed E-state index contributed by atoms with van der Waals surface area (Å²) in [5, 5.41) is 7.16. The van der Waals surface area contributed by atoms with Crippen molar-refractivity contribution in [2.24, 2.45) is 5.11 Å². The van der Waals surface area contributed by atoms with E-state index in [4.69, 9.17) is 14.8 Å². The van der Waals surface area contributed by atoms with Crippen LogP contribution in [0.1, 0.15) is 33.3 Å². The quantitative estimate of drug-likeness (QED) is 0.394. The van der Waals surface area contributed by atoms with Crippen LogP contribution in [0.5, 0.6) is 0 Å². The SMILES string of the molecule is CC1(C)OB(c2cc(CN3CCNCC3)cc(N=[N+]=[N-])c2)OC1(C)C. The molecular formula is C17H26BN5O2. The van der Waals surface area contributed by atoms with E-state index in [1.54, 1.807) is 0 Å². The molecule has 2 aliphatic rings. The first-order chi connectivity index (χ1) is 11.8. The number of piperazine rings is 1. The Morgan fingerprint density at radius 3 is 2.40 bits per heavy atom. The predicted octanol–water partition coefficient (Wildman–Crippen LogP) is 2.33. The van der Waals surface area contributed by atoms with Gasteiger partial charge in [0.15, 0.2) is 0 Å². The monoisotopic (exact) mass is 343 g/mol. The molecule has 2 saturated heterocycles. The molecule has 1 N–H and O–H groups in total. The summed E-state index contributed by atoms with van der Waals surface area (Å²) in [4.78, 5) is 5.33. The van der Waals surface area contributed by atoms with E-state index in [-0.39, 0.29) is 0 Å². The van der Waals surface area contributed by atoms with Gasteiger partial charge in [-0.05, 0) is 50.3 Å². The van der Waals surface area contributed by atoms with Crippen LogP contribution in [0.3, 0.4) is 0 Å². The van der Waals surface area contributed by atoms with Gasteiger partial charge in [0, 0.05) is 43.3 Å². The van der Waals surface area contributed by atoms with E-state index in [0.717, 1.165) is 43.8 Å². The van der Waals surface area contributed by atoms with Crippen LogP contribution in [0.2, 0.25) is 0 Å². The second-order valence-corrected chi connectivity index (χ2v) is 7.74. The van der Waals surface area contributed by atoms with Crippen molar-refractivity contribution in [1.82, 2.24) is 10.2 Å². The van der Waals surface area contributed by atoms with Crippen molar-refractivity contribution in [1.29, 1.82) is 0 Å². The van der Waals surface area contributed by atoms with Crippen LogP contribution in [-0.2, 0) is 15.9 Å². The highest BCUT2D eigenvalue weighted by molar-refractivity contribution is 6.62. The minimum atomic E-state index is -0.458. The molecular weight excluding hydrogens is 317 g/mol. The summed E-state index contributed by atoms with van der Waals surface area (Å²) in [7, 11) is -0.458. The van der Waals surface area contributed by atoms with Gasteiger partial charge in [0.05, 0.1) is 11.2 Å². The fourth-order valence-corrected chi connectivity index (χ4v) is 3.14. The standard InChI is InChI=1S/C17H26BN5O2/c1-16(2)17(3,4)25-18(24-16)14-9-13(10-15(11-14)21-22-19)12-23-7-5-20-6-8-23/h9-11,20H,5-8,12H2,1-4H3. The van der Waals surface area contributed by atoms with Gasteiger partial charge in [-0.2, -0.15) is 0 Å². The average Bonchev–Trinajstić information content (AvgIpc) is 2.77. The van der Waals surface area contributed by atoms with Crippen molar-refractivity contribution in [2.75, 3.05) is 26.2 Å². The molecule has 134 valence electrons. The maximum absolute atomic E-state index is 8.83. The highest BCUT2D eigenvalue weighted by atomic mass is 16.7. The number of hydrogen-bond donors (Lipinski definition) is 1. The van der Waals surface area contributed by atoms with E-state index in [1.807, 2.05) is 39.8 Å². The first-order valence-corrected chi connectivity index (χ1v) is 8.78. The Morgan fingerprint density at radius 1 is 1.16 bits per heavy atom. The van der Waals surface area contributed by atoms with Gasteiger partial charge in [0.2, 0.25) is 0 Å². The van der Waals surface area contributed by atoms with Crippen LogP contribution >= 0.6 is 0 Å². The Bertz CT molecular complexity index is 666. The molecule has 2 fully saturated rings. The third-order valence-electron chi connectivity index (χ3n) is 5.30. The molecule has 0 saturated carbocycles. The smallest absolute Gasteiger partial charge is 0.399 e. The zero-order chi connectivity index (χ0) is 18.1. The average molecular weight is 343 g/mol. The Kier molecular flexibility index (Phi) is 5.09. The van der Waals surface area contributed by atoms with E-state index >= 15 is 0 Å². The van der Waals surface area contributed by atoms with Gasteiger partial charge in [0.25, 0.3) is 0 Å². The molecule has 0 aromatic heterocycles. The molecule has 0 atom stereocenters. The van der Waals surface area contributed by atoms with Crippen LogP contribution in [-0.4, -0.2) is 49.4 Å². The summed E-state index contributed by atoms with van der Waals surface area (Å²) in [6, 6.07) is 5.89. The Labute approximate surface area is 149 Å². The van der Waals surface area contributed by atoms with Crippen LogP contribution in [0.25, 0.3) is 10.4 Å². The molecule has 8 heteroatoms. The molecule has 2 heterocycles. The van der Waals surface area contributed by atoms with E-state index < -0.39 is 18.3 Å². The van der Waals surface area contributed by atoms with E-state index in [9.17, 15) is 0 Å². The number of nitrogens with zero attached hydrogens (tertiary/aromatic N) is 4. The van der Waals surface area contributed by atoms with Crippen molar-refractivity contribution >= 4 is 18.3 Å². The van der Waals surface area contributed by atoms with Crippen molar-refractivity contribution in [3.05, 3.63) is 34.2 Å². The Hall–Kier alpha value is -1.57. The molecule has 0 spiro atoms. The Morgan fingerprint density at radius 2 is 1.80 bits per heavy atom. The number of benzene rings is 1. The van der Waals surface area contributed by atoms with Crippen LogP contribution in [0.4, 0.5) is 5.69 Å². The van der Waals surface area contributed by atoms with E-state index in [0.29, 0.717) is 5.69 Å². The van der Waals surface area contributed by atoms with Gasteiger partial charge in [-0.1, -0.05) is 17.2 Å². The number of rotatable bonds is 4. The van der Waals surface area contributed by atoms with Crippen LogP contribution in [0.15, 0.2) is 23.3 Å². The third-order valence-corrected chi connectivity index (χ3v) is 5.30. The summed E-state index contributed by atoms with van der Waals surface area (Å²) >= 11 is 0. The van der Waals surface area contributed by atoms with Crippen molar-refractivity contribution < 1.29 is 9.31 Å². The van der Waals surface area contributed by atoms with Crippen molar-refractivity contribution in [3.8, 4) is 0 Å². The molecule has 3 rings (SSSR count). The predicted molar refractivity (Wildman–Crippen MR) is 99.1 cm³/mol. The summed E-state index contributed by atoms with van der Waals surface area (Å²) in [6.45, 7) is 13.0. The normalized spacial score (nSPS) is 22.6. The number of nitrogens with one attached hydrogen (secondary N) is 1. The zero-order valence-electron chi connectivity index (χ0n) is 15.5. The molecule has 7 nitrogen and oxygen atoms in total. The first-order valence-electron chi connectivity index (χ1n) is 8.78. The molecule has 1 aromatic rings. The molecule has 25 heavy (non-hydrogen) atoms. The summed E-state index contributed by atoms with van der Waals surface area (Å²) in [5.74, 6) is 0. The van der Waals surface area contributed by atoms with Crippen LogP contribution < -0.4 is 10.8 Å². The highest BCUT2D eigenvalue weighted by Crippen LogP contribution is 2.36. The van der Waals surface area contributed by atoms with Gasteiger partial charge in [0.1, 0.15) is 0 Å². The minimum Gasteiger partial charge on any atom is -0.399 e. The lowest BCUT2D eigenvalue weighted by molar-refractivity contribution is 0.00578. The number of azide groups is 1. The molecule has 0 radical (unpaired) electrons. The fourth-order valence-electron chi connectivity index (χ4n) is 3.14. The summed E-state index contributed by atoms with van der Waals surface area (Å²) in [6.07, 6.45) is 0. The second kappa shape index (κ2) is 6.98. The second-order valence-electron chi connectivity index (χ2n) is 7.74. The fraction of sp³-hybridized carbons (Fsp3) is 0.647. The van der Waals surface area contributed by atoms with E-state index in [1.165, 1.54) is 0 Å². The molecule has 0 aliphatic carbocycles. The molecule has 2 aliphatic heterocycles. The van der Waals surface area contributed by atoms with Gasteiger partial charge < -0.3 is 14.6 Å². The topological polar surface area (TPSA) is 82.5 Å². The first kappa shape index (κ1) is 18.2. The zero-order valence-corrected chi connectivity index (χ0v) is 15.5. The molecule has 0 bridgehead atoms. The van der Waals surface area contributed by atoms with Crippen molar-refractivity contribution in [2.45, 2.75) is 45.4 Å².